The van der Waals surface area contributed by atoms with Crippen LogP contribution in [-0.2, 0) is 25.1 Å². The van der Waals surface area contributed by atoms with E-state index in [4.69, 9.17) is 65.8 Å². The minimum atomic E-state index is -0.965. The molecule has 73 heavy (non-hydrogen) atoms. The van der Waals surface area contributed by atoms with Gasteiger partial charge in [0.1, 0.15) is 44.2 Å². The second-order valence-electron chi connectivity index (χ2n) is 18.8. The van der Waals surface area contributed by atoms with Crippen molar-refractivity contribution in [2.75, 3.05) is 5.01 Å². The van der Waals surface area contributed by atoms with E-state index in [2.05, 4.69) is 20.8 Å². The lowest BCUT2D eigenvalue weighted by molar-refractivity contribution is -0.122. The second kappa shape index (κ2) is 20.7. The van der Waals surface area contributed by atoms with Crippen molar-refractivity contribution in [3.8, 4) is 16.9 Å². The third-order valence-electron chi connectivity index (χ3n) is 12.9. The second-order valence-corrected chi connectivity index (χ2v) is 22.4. The SMILES string of the molecule is CC1NN(c2cc(Cl)c(C(C)(C)c3nc(-c4ccccc4)c(C(=O)OC4CCCC(OC(=O)c5sc(C(C)(C)c6c(Cl)cc(-n7ncc(=O)[nH]c7=O)cc6Cl)nc5C5C=CC=CC5)C4)s3)c(Cl)c2)C(=O)NC1=O. The Bertz CT molecular complexity index is 3340. The van der Waals surface area contributed by atoms with Crippen molar-refractivity contribution < 1.29 is 28.7 Å². The Balaban J connectivity index is 0.952. The molecular weight excluding hydrogens is 1060 g/mol. The number of hydrogen-bond acceptors (Lipinski definition) is 14. The van der Waals surface area contributed by atoms with Crippen LogP contribution < -0.4 is 27.0 Å². The topological polar surface area (TPSA) is 208 Å². The smallest absolute Gasteiger partial charge is 0.350 e. The zero-order valence-corrected chi connectivity index (χ0v) is 44.4. The van der Waals surface area contributed by atoms with Crippen molar-refractivity contribution in [3.05, 3.63) is 163 Å². The third-order valence-corrected chi connectivity index (χ3v) is 16.8. The number of aromatic nitrogens is 5. The van der Waals surface area contributed by atoms with E-state index in [1.54, 1.807) is 19.1 Å². The van der Waals surface area contributed by atoms with Gasteiger partial charge in [-0.05, 0) is 84.6 Å². The van der Waals surface area contributed by atoms with E-state index in [1.807, 2.05) is 82.3 Å². The van der Waals surface area contributed by atoms with Gasteiger partial charge in [0.2, 0.25) is 5.91 Å². The molecule has 1 aliphatic heterocycles. The van der Waals surface area contributed by atoms with E-state index in [1.165, 1.54) is 28.5 Å². The number of nitrogens with one attached hydrogen (secondary N) is 3. The Hall–Kier alpha value is -5.99. The van der Waals surface area contributed by atoms with Crippen LogP contribution in [-0.4, -0.2) is 66.9 Å². The van der Waals surface area contributed by atoms with Gasteiger partial charge in [0, 0.05) is 59.9 Å². The summed E-state index contributed by atoms with van der Waals surface area (Å²) in [6.07, 6.45) is 10.2. The van der Waals surface area contributed by atoms with Gasteiger partial charge < -0.3 is 9.47 Å². The number of rotatable bonds is 12. The number of carbonyl (C=O) groups is 4. The average molecular weight is 1100 g/mol. The summed E-state index contributed by atoms with van der Waals surface area (Å²) in [5.74, 6) is -1.84. The van der Waals surface area contributed by atoms with Gasteiger partial charge in [-0.3, -0.25) is 19.9 Å². The number of aromatic amines is 1. The molecule has 378 valence electrons. The maximum atomic E-state index is 14.4. The van der Waals surface area contributed by atoms with Crippen LogP contribution in [0.2, 0.25) is 20.1 Å². The Kier molecular flexibility index (Phi) is 14.7. The zero-order chi connectivity index (χ0) is 52.1. The molecule has 0 spiro atoms. The van der Waals surface area contributed by atoms with E-state index in [0.717, 1.165) is 22.2 Å². The van der Waals surface area contributed by atoms with E-state index in [0.29, 0.717) is 74.3 Å². The van der Waals surface area contributed by atoms with Crippen molar-refractivity contribution in [1.82, 2.24) is 35.5 Å². The molecule has 6 aromatic rings. The van der Waals surface area contributed by atoms with Gasteiger partial charge in [-0.15, -0.1) is 22.7 Å². The number of esters is 2. The number of imide groups is 1. The number of anilines is 1. The van der Waals surface area contributed by atoms with E-state index < -0.39 is 64.2 Å². The molecule has 2 aliphatic carbocycles. The predicted molar refractivity (Wildman–Crippen MR) is 282 cm³/mol. The molecule has 3 aliphatic rings. The van der Waals surface area contributed by atoms with Crippen LogP contribution in [0, 0.1) is 0 Å². The number of ether oxygens (including phenoxy) is 2. The van der Waals surface area contributed by atoms with Gasteiger partial charge in [-0.1, -0.05) is 101 Å². The minimum absolute atomic E-state index is 0.212. The molecule has 4 atom stereocenters. The lowest BCUT2D eigenvalue weighted by atomic mass is 9.84. The zero-order valence-electron chi connectivity index (χ0n) is 39.8. The summed E-state index contributed by atoms with van der Waals surface area (Å²) in [5.41, 5.74) is 2.72. The van der Waals surface area contributed by atoms with Gasteiger partial charge in [-0.25, -0.2) is 39.6 Å². The first-order valence-electron chi connectivity index (χ1n) is 23.1. The van der Waals surface area contributed by atoms with Crippen LogP contribution in [0.15, 0.2) is 94.7 Å². The van der Waals surface area contributed by atoms with Gasteiger partial charge in [0.25, 0.3) is 5.56 Å². The number of hydrazine groups is 1. The first kappa shape index (κ1) is 51.9. The summed E-state index contributed by atoms with van der Waals surface area (Å²) in [4.78, 5) is 90.7. The minimum Gasteiger partial charge on any atom is -0.458 e. The molecule has 3 aromatic carbocycles. The monoisotopic (exact) mass is 1100 g/mol. The molecule has 0 bridgehead atoms. The number of H-pyrrole nitrogens is 1. The number of halogens is 4. The average Bonchev–Trinajstić information content (AvgIpc) is 4.01. The molecule has 4 unspecified atom stereocenters. The molecule has 22 heteroatoms. The molecule has 1 saturated carbocycles. The van der Waals surface area contributed by atoms with Crippen molar-refractivity contribution >= 4 is 98.6 Å². The lowest BCUT2D eigenvalue weighted by Crippen LogP contribution is -2.63. The van der Waals surface area contributed by atoms with Crippen LogP contribution in [0.5, 0.6) is 0 Å². The molecule has 4 heterocycles. The maximum Gasteiger partial charge on any atom is 0.350 e. The fraction of sp³-hybridized carbons (Fsp3) is 0.314. The molecular formula is C51H46Cl4N8O8S2. The predicted octanol–water partition coefficient (Wildman–Crippen LogP) is 10.6. The van der Waals surface area contributed by atoms with Crippen LogP contribution in [0.1, 0.15) is 119 Å². The molecule has 1 saturated heterocycles. The van der Waals surface area contributed by atoms with Crippen LogP contribution in [0.25, 0.3) is 16.9 Å². The fourth-order valence-electron chi connectivity index (χ4n) is 9.11. The van der Waals surface area contributed by atoms with E-state index in [-0.39, 0.29) is 43.0 Å². The standard InChI is InChI=1S/C51H46Cl4N8O8S2/c1-25-43(65)60-49(69)63(61-25)29-21-34(54)38(35(55)22-29)51(4,5)47-59-40(27-15-10-7-11-16-27)42(73-47)45(67)71-31-18-12-17-30(23-31)70-44(66)41-39(26-13-8-6-9-14-26)58-46(72-41)50(2,3)37-32(52)19-28(20-33(37)53)62-48(68)57-36(64)24-56-62/h6-11,13,15-16,19-22,24-26,30-31,61H,12,14,17-18,23H2,1-5H3,(H,57,64,68)(H,60,65,69). The number of allylic oxidation sites excluding steroid dienone is 4. The van der Waals surface area contributed by atoms with Crippen LogP contribution in [0.3, 0.4) is 0 Å². The summed E-state index contributed by atoms with van der Waals surface area (Å²) in [5, 5.41) is 9.34. The molecule has 3 N–H and O–H groups in total. The van der Waals surface area contributed by atoms with Gasteiger partial charge >= 0.3 is 23.7 Å². The number of amides is 3. The summed E-state index contributed by atoms with van der Waals surface area (Å²) in [6, 6.07) is 14.1. The number of hydrogen-bond donors (Lipinski definition) is 3. The van der Waals surface area contributed by atoms with Crippen molar-refractivity contribution in [2.45, 2.75) is 102 Å². The van der Waals surface area contributed by atoms with Crippen molar-refractivity contribution in [1.29, 1.82) is 0 Å². The molecule has 9 rings (SSSR count). The Morgan fingerprint density at radius 1 is 0.767 bits per heavy atom. The van der Waals surface area contributed by atoms with Gasteiger partial charge in [0.05, 0.1) is 22.8 Å². The molecule has 16 nitrogen and oxygen atoms in total. The first-order valence-corrected chi connectivity index (χ1v) is 26.3. The third kappa shape index (κ3) is 10.4. The summed E-state index contributed by atoms with van der Waals surface area (Å²) >= 11 is 30.1. The quantitative estimate of drug-likeness (QED) is 0.0979. The first-order chi connectivity index (χ1) is 34.7. The number of nitrogens with zero attached hydrogens (tertiary/aromatic N) is 5. The summed E-state index contributed by atoms with van der Waals surface area (Å²) in [6.45, 7) is 9.16. The Morgan fingerprint density at radius 3 is 1.93 bits per heavy atom. The summed E-state index contributed by atoms with van der Waals surface area (Å²) < 4.78 is 13.5. The molecule has 0 radical (unpaired) electrons. The Labute approximate surface area is 446 Å². The van der Waals surface area contributed by atoms with E-state index >= 15 is 0 Å². The van der Waals surface area contributed by atoms with Crippen molar-refractivity contribution in [3.63, 3.8) is 0 Å². The normalized spacial score (nSPS) is 19.2. The van der Waals surface area contributed by atoms with Gasteiger partial charge in [0.15, 0.2) is 0 Å². The fourth-order valence-corrected chi connectivity index (χ4v) is 13.2. The van der Waals surface area contributed by atoms with Gasteiger partial charge in [-0.2, -0.15) is 9.78 Å². The van der Waals surface area contributed by atoms with Crippen molar-refractivity contribution in [2.24, 2.45) is 0 Å². The maximum absolute atomic E-state index is 14.4. The highest BCUT2D eigenvalue weighted by molar-refractivity contribution is 7.14. The number of thiazole rings is 2. The lowest BCUT2D eigenvalue weighted by Gasteiger charge is -2.32. The number of carbonyl (C=O) groups excluding carboxylic acids is 4. The van der Waals surface area contributed by atoms with Crippen LogP contribution >= 0.6 is 69.1 Å². The number of benzene rings is 3. The molecule has 3 aromatic heterocycles. The number of urea groups is 1. The Morgan fingerprint density at radius 2 is 1.34 bits per heavy atom. The highest BCUT2D eigenvalue weighted by Crippen LogP contribution is 2.47. The largest absolute Gasteiger partial charge is 0.458 e. The highest BCUT2D eigenvalue weighted by atomic mass is 35.5. The summed E-state index contributed by atoms with van der Waals surface area (Å²) in [7, 11) is 0. The molecule has 3 amide bonds. The van der Waals surface area contributed by atoms with E-state index in [9.17, 15) is 28.8 Å². The molecule has 2 fully saturated rings. The van der Waals surface area contributed by atoms with Crippen LogP contribution in [0.4, 0.5) is 10.5 Å². The highest BCUT2D eigenvalue weighted by Gasteiger charge is 2.40.